The van der Waals surface area contributed by atoms with Crippen LogP contribution >= 0.6 is 0 Å². The van der Waals surface area contributed by atoms with E-state index in [0.717, 1.165) is 16.7 Å². The Morgan fingerprint density at radius 1 is 0.941 bits per heavy atom. The maximum Gasteiger partial charge on any atom is 0.277 e. The monoisotopic (exact) mass is 460 g/mol. The van der Waals surface area contributed by atoms with Crippen LogP contribution in [0, 0.1) is 6.92 Å². The zero-order valence-electron chi connectivity index (χ0n) is 20.4. The summed E-state index contributed by atoms with van der Waals surface area (Å²) < 4.78 is 17.1. The summed E-state index contributed by atoms with van der Waals surface area (Å²) in [6, 6.07) is 21.4. The number of benzene rings is 3. The Morgan fingerprint density at radius 2 is 1.68 bits per heavy atom. The van der Waals surface area contributed by atoms with E-state index in [1.54, 1.807) is 19.4 Å². The number of amides is 1. The summed E-state index contributed by atoms with van der Waals surface area (Å²) in [4.78, 5) is 12.2. The molecule has 0 saturated heterocycles. The lowest BCUT2D eigenvalue weighted by molar-refractivity contribution is -0.123. The van der Waals surface area contributed by atoms with Crippen molar-refractivity contribution in [3.63, 3.8) is 0 Å². The van der Waals surface area contributed by atoms with Crippen molar-refractivity contribution in [2.75, 3.05) is 13.7 Å². The molecule has 3 rings (SSSR count). The van der Waals surface area contributed by atoms with Crippen LogP contribution in [0.25, 0.3) is 0 Å². The molecular weight excluding hydrogens is 428 g/mol. The van der Waals surface area contributed by atoms with E-state index in [0.29, 0.717) is 23.9 Å². The van der Waals surface area contributed by atoms with Gasteiger partial charge in [-0.2, -0.15) is 5.10 Å². The van der Waals surface area contributed by atoms with Crippen molar-refractivity contribution in [2.45, 2.75) is 39.7 Å². The van der Waals surface area contributed by atoms with Crippen molar-refractivity contribution in [2.24, 2.45) is 5.10 Å². The molecule has 0 atom stereocenters. The molecule has 0 heterocycles. The Bertz CT molecular complexity index is 1130. The molecule has 0 unspecified atom stereocenters. The van der Waals surface area contributed by atoms with Gasteiger partial charge in [0.15, 0.2) is 18.1 Å². The van der Waals surface area contributed by atoms with Crippen molar-refractivity contribution in [1.29, 1.82) is 0 Å². The van der Waals surface area contributed by atoms with E-state index in [4.69, 9.17) is 14.2 Å². The maximum atomic E-state index is 12.2. The predicted molar refractivity (Wildman–Crippen MR) is 135 cm³/mol. The van der Waals surface area contributed by atoms with Gasteiger partial charge in [-0.05, 0) is 53.3 Å². The first kappa shape index (κ1) is 24.8. The number of nitrogens with zero attached hydrogens (tertiary/aromatic N) is 1. The molecule has 34 heavy (non-hydrogen) atoms. The highest BCUT2D eigenvalue weighted by atomic mass is 16.5. The van der Waals surface area contributed by atoms with Gasteiger partial charge in [0.2, 0.25) is 0 Å². The van der Waals surface area contributed by atoms with Crippen LogP contribution < -0.4 is 19.6 Å². The van der Waals surface area contributed by atoms with Gasteiger partial charge in [-0.25, -0.2) is 5.43 Å². The Kier molecular flexibility index (Phi) is 8.30. The lowest BCUT2D eigenvalue weighted by atomic mass is 9.86. The third-order valence-electron chi connectivity index (χ3n) is 5.16. The summed E-state index contributed by atoms with van der Waals surface area (Å²) in [6.07, 6.45) is 1.55. The van der Waals surface area contributed by atoms with Crippen LogP contribution in [0.15, 0.2) is 71.8 Å². The number of carbonyl (C=O) groups is 1. The van der Waals surface area contributed by atoms with Crippen LogP contribution in [0.4, 0.5) is 0 Å². The molecule has 0 radical (unpaired) electrons. The van der Waals surface area contributed by atoms with Gasteiger partial charge in [0, 0.05) is 0 Å². The SMILES string of the molecule is COc1cc(/C=N/NC(=O)COc2ccccc2C(C)(C)C)ccc1OCc1ccc(C)cc1. The second-order valence-corrected chi connectivity index (χ2v) is 9.01. The fourth-order valence-corrected chi connectivity index (χ4v) is 3.30. The van der Waals surface area contributed by atoms with E-state index >= 15 is 0 Å². The van der Waals surface area contributed by atoms with Crippen LogP contribution in [-0.4, -0.2) is 25.8 Å². The van der Waals surface area contributed by atoms with Gasteiger partial charge in [0.05, 0.1) is 13.3 Å². The Morgan fingerprint density at radius 3 is 2.38 bits per heavy atom. The zero-order valence-corrected chi connectivity index (χ0v) is 20.4. The Balaban J connectivity index is 1.54. The normalized spacial score (nSPS) is 11.3. The van der Waals surface area contributed by atoms with E-state index < -0.39 is 0 Å². The molecule has 0 bridgehead atoms. The first-order valence-electron chi connectivity index (χ1n) is 11.2. The van der Waals surface area contributed by atoms with Gasteiger partial charge in [0.1, 0.15) is 12.4 Å². The number of hydrogen-bond donors (Lipinski definition) is 1. The molecule has 6 heteroatoms. The van der Waals surface area contributed by atoms with Crippen molar-refractivity contribution in [1.82, 2.24) is 5.43 Å². The Hall–Kier alpha value is -3.80. The van der Waals surface area contributed by atoms with Crippen molar-refractivity contribution >= 4 is 12.1 Å². The van der Waals surface area contributed by atoms with Gasteiger partial charge < -0.3 is 14.2 Å². The van der Waals surface area contributed by atoms with Crippen molar-refractivity contribution < 1.29 is 19.0 Å². The summed E-state index contributed by atoms with van der Waals surface area (Å²) in [7, 11) is 1.59. The minimum absolute atomic E-state index is 0.0830. The van der Waals surface area contributed by atoms with Crippen LogP contribution in [0.5, 0.6) is 17.2 Å². The van der Waals surface area contributed by atoms with Crippen LogP contribution in [0.3, 0.4) is 0 Å². The van der Waals surface area contributed by atoms with E-state index in [1.165, 1.54) is 5.56 Å². The largest absolute Gasteiger partial charge is 0.493 e. The average molecular weight is 461 g/mol. The third-order valence-corrected chi connectivity index (χ3v) is 5.16. The van der Waals surface area contributed by atoms with Crippen LogP contribution in [0.2, 0.25) is 0 Å². The number of aryl methyl sites for hydroxylation is 1. The fraction of sp³-hybridized carbons (Fsp3) is 0.286. The average Bonchev–Trinajstić information content (AvgIpc) is 2.82. The second kappa shape index (κ2) is 11.4. The molecule has 0 aromatic heterocycles. The van der Waals surface area contributed by atoms with Gasteiger partial charge in [0.25, 0.3) is 5.91 Å². The van der Waals surface area contributed by atoms with E-state index in [1.807, 2.05) is 48.5 Å². The van der Waals surface area contributed by atoms with Crippen molar-refractivity contribution in [3.05, 3.63) is 89.0 Å². The molecule has 3 aromatic rings. The summed E-state index contributed by atoms with van der Waals surface area (Å²) in [5, 5.41) is 4.03. The highest BCUT2D eigenvalue weighted by Crippen LogP contribution is 2.31. The molecule has 6 nitrogen and oxygen atoms in total. The first-order chi connectivity index (χ1) is 16.3. The summed E-state index contributed by atoms with van der Waals surface area (Å²) in [5.74, 6) is 1.57. The van der Waals surface area contributed by atoms with Crippen molar-refractivity contribution in [3.8, 4) is 17.2 Å². The molecule has 0 fully saturated rings. The number of ether oxygens (including phenoxy) is 3. The van der Waals surface area contributed by atoms with Gasteiger partial charge in [-0.1, -0.05) is 68.8 Å². The lowest BCUT2D eigenvalue weighted by Gasteiger charge is -2.22. The maximum absolute atomic E-state index is 12.2. The summed E-state index contributed by atoms with van der Waals surface area (Å²) in [5.41, 5.74) is 6.50. The topological polar surface area (TPSA) is 69.2 Å². The molecule has 3 aromatic carbocycles. The van der Waals surface area contributed by atoms with Gasteiger partial charge >= 0.3 is 0 Å². The highest BCUT2D eigenvalue weighted by Gasteiger charge is 2.18. The van der Waals surface area contributed by atoms with Crippen LogP contribution in [0.1, 0.15) is 43.0 Å². The fourth-order valence-electron chi connectivity index (χ4n) is 3.30. The molecular formula is C28H32N2O4. The summed E-state index contributed by atoms with van der Waals surface area (Å²) in [6.45, 7) is 8.68. The quantitative estimate of drug-likeness (QED) is 0.342. The molecule has 1 N–H and O–H groups in total. The Labute approximate surface area is 201 Å². The smallest absolute Gasteiger partial charge is 0.277 e. The number of hydrogen-bond acceptors (Lipinski definition) is 5. The molecule has 0 aliphatic rings. The number of carbonyl (C=O) groups excluding carboxylic acids is 1. The van der Waals surface area contributed by atoms with Gasteiger partial charge in [-0.3, -0.25) is 4.79 Å². The number of rotatable bonds is 9. The number of nitrogens with one attached hydrogen (secondary N) is 1. The predicted octanol–water partition coefficient (Wildman–Crippen LogP) is 5.41. The van der Waals surface area contributed by atoms with Gasteiger partial charge in [-0.15, -0.1) is 0 Å². The second-order valence-electron chi connectivity index (χ2n) is 9.01. The molecule has 0 spiro atoms. The molecule has 178 valence electrons. The lowest BCUT2D eigenvalue weighted by Crippen LogP contribution is -2.25. The number of methoxy groups -OCH3 is 1. The third kappa shape index (κ3) is 7.10. The molecule has 1 amide bonds. The minimum Gasteiger partial charge on any atom is -0.493 e. The standard InChI is InChI=1S/C28H32N2O4/c1-20-10-12-21(13-11-20)18-33-25-15-14-22(16-26(25)32-5)17-29-30-27(31)19-34-24-9-7-6-8-23(24)28(2,3)4/h6-17H,18-19H2,1-5H3,(H,30,31)/b29-17+. The first-order valence-corrected chi connectivity index (χ1v) is 11.2. The zero-order chi connectivity index (χ0) is 24.6. The van der Waals surface area contributed by atoms with E-state index in [-0.39, 0.29) is 17.9 Å². The van der Waals surface area contributed by atoms with E-state index in [9.17, 15) is 4.79 Å². The molecule has 0 aliphatic heterocycles. The highest BCUT2D eigenvalue weighted by molar-refractivity contribution is 5.83. The van der Waals surface area contributed by atoms with Crippen LogP contribution in [-0.2, 0) is 16.8 Å². The minimum atomic E-state index is -0.343. The number of para-hydroxylation sites is 1. The summed E-state index contributed by atoms with van der Waals surface area (Å²) >= 11 is 0. The van der Waals surface area contributed by atoms with E-state index in [2.05, 4.69) is 50.4 Å². The molecule has 0 saturated carbocycles. The number of hydrazone groups is 1. The molecule has 0 aliphatic carbocycles.